The second-order valence-electron chi connectivity index (χ2n) is 14.1. The van der Waals surface area contributed by atoms with Crippen LogP contribution in [0.4, 0.5) is 0 Å². The number of carbonyl (C=O) groups excluding carboxylic acids is 1. The van der Waals surface area contributed by atoms with E-state index in [0.29, 0.717) is 0 Å². The molecule has 0 amide bonds. The average molecular weight is 824 g/mol. The Kier molecular flexibility index (Phi) is 12.6. The van der Waals surface area contributed by atoms with Crippen molar-refractivity contribution in [3.63, 3.8) is 0 Å². The summed E-state index contributed by atoms with van der Waals surface area (Å²) in [5, 5.41) is 13.5. The van der Waals surface area contributed by atoms with Gasteiger partial charge in [-0.3, -0.25) is 9.78 Å². The number of hydrogen-bond donors (Lipinski definition) is 1. The quantitative estimate of drug-likeness (QED) is 0.0696. The van der Waals surface area contributed by atoms with Gasteiger partial charge in [-0.1, -0.05) is 91.5 Å². The number of furan rings is 1. The molecule has 1 radical (unpaired) electrons. The molecule has 257 valence electrons. The molecule has 0 spiro atoms. The number of benzene rings is 2. The van der Waals surface area contributed by atoms with E-state index in [2.05, 4.69) is 75.3 Å². The van der Waals surface area contributed by atoms with E-state index in [1.807, 2.05) is 76.7 Å². The molecule has 0 saturated carbocycles. The Balaban J connectivity index is 0.000000301. The maximum atomic E-state index is 12.2. The summed E-state index contributed by atoms with van der Waals surface area (Å²) in [5.74, 6) is 0.286. The Labute approximate surface area is 300 Å². The van der Waals surface area contributed by atoms with Crippen molar-refractivity contribution >= 4 is 27.5 Å². The molecule has 0 bridgehead atoms. The van der Waals surface area contributed by atoms with Crippen LogP contribution in [0.25, 0.3) is 44.3 Å². The first-order valence-corrected chi connectivity index (χ1v) is 16.8. The summed E-state index contributed by atoms with van der Waals surface area (Å²) in [6.07, 6.45) is 10.2. The van der Waals surface area contributed by atoms with E-state index in [1.54, 1.807) is 6.26 Å². The van der Waals surface area contributed by atoms with Crippen LogP contribution < -0.4 is 4.57 Å². The van der Waals surface area contributed by atoms with E-state index in [9.17, 15) is 9.90 Å². The van der Waals surface area contributed by atoms with Gasteiger partial charge in [0.15, 0.2) is 11.4 Å². The zero-order chi connectivity index (χ0) is 34.6. The van der Waals surface area contributed by atoms with Crippen molar-refractivity contribution in [3.8, 4) is 22.5 Å². The molecule has 3 aromatic heterocycles. The van der Waals surface area contributed by atoms with Crippen LogP contribution in [0.3, 0.4) is 0 Å². The van der Waals surface area contributed by atoms with Crippen LogP contribution >= 0.6 is 0 Å². The SMILES string of the molecule is CCC(C)(CC)C(=O)/C=C(\O)C(C)(CC)CC.[CH2-][n+]1ccc(-c2nccc3ccoc23)cc1-c1[c-]c2ccccc2c(C(C)(C)C)c1.[Ir]. The molecule has 0 aliphatic carbocycles. The standard InChI is InChI=1S/C27H23N2O.C15H28O2.Ir/c1-27(2,3)23-16-21(15-19-7-5-6-8-22(19)23)24-17-20(10-13-29(24)4)25-26-18(9-12-28-25)11-14-30-26;1-7-14(5,8-2)12(16)11-13(17)15(6,9-3)10-4;/h5-14,16-17H,4H2,1-3H3;11,16H,7-10H2,1-6H3;/q-1;;/b;12-11-;. The fourth-order valence-electron chi connectivity index (χ4n) is 5.68. The zero-order valence-electron chi connectivity index (χ0n) is 30.0. The van der Waals surface area contributed by atoms with Gasteiger partial charge in [-0.25, -0.2) is 0 Å². The molecule has 5 nitrogen and oxygen atoms in total. The van der Waals surface area contributed by atoms with Crippen LogP contribution in [0, 0.1) is 23.9 Å². The van der Waals surface area contributed by atoms with Gasteiger partial charge in [0, 0.05) is 55.6 Å². The summed E-state index contributed by atoms with van der Waals surface area (Å²) in [4.78, 5) is 16.8. The molecule has 0 aliphatic rings. The van der Waals surface area contributed by atoms with Crippen molar-refractivity contribution in [1.29, 1.82) is 0 Å². The number of rotatable bonds is 9. The zero-order valence-corrected chi connectivity index (χ0v) is 32.4. The van der Waals surface area contributed by atoms with Gasteiger partial charge in [0.05, 0.1) is 12.5 Å². The van der Waals surface area contributed by atoms with E-state index in [4.69, 9.17) is 4.42 Å². The van der Waals surface area contributed by atoms with Gasteiger partial charge in [0.25, 0.3) is 0 Å². The summed E-state index contributed by atoms with van der Waals surface area (Å²) in [6, 6.07) is 22.3. The van der Waals surface area contributed by atoms with Crippen molar-refractivity contribution in [1.82, 2.24) is 4.98 Å². The molecule has 0 unspecified atom stereocenters. The van der Waals surface area contributed by atoms with Gasteiger partial charge in [-0.2, -0.15) is 0 Å². The van der Waals surface area contributed by atoms with Crippen molar-refractivity contribution < 1.29 is 39.0 Å². The molecular formula is C42H51IrN2O3-. The first kappa shape index (κ1) is 38.7. The van der Waals surface area contributed by atoms with E-state index < -0.39 is 0 Å². The first-order valence-electron chi connectivity index (χ1n) is 16.8. The number of ketones is 1. The monoisotopic (exact) mass is 824 g/mol. The van der Waals surface area contributed by atoms with E-state index in [-0.39, 0.29) is 47.9 Å². The van der Waals surface area contributed by atoms with Gasteiger partial charge in [0.2, 0.25) is 0 Å². The predicted octanol–water partition coefficient (Wildman–Crippen LogP) is 11.0. The Hall–Kier alpha value is -3.73. The van der Waals surface area contributed by atoms with Gasteiger partial charge in [-0.15, -0.1) is 29.1 Å². The van der Waals surface area contributed by atoms with Crippen LogP contribution in [0.1, 0.15) is 93.6 Å². The van der Waals surface area contributed by atoms with Gasteiger partial charge >= 0.3 is 0 Å². The number of aliphatic hydroxyl groups excluding tert-OH is 1. The summed E-state index contributed by atoms with van der Waals surface area (Å²) in [5.41, 5.74) is 5.31. The van der Waals surface area contributed by atoms with Crippen molar-refractivity contribution in [3.05, 3.63) is 104 Å². The molecule has 5 aromatic rings. The Morgan fingerprint density at radius 3 is 2.21 bits per heavy atom. The molecule has 1 N–H and O–H groups in total. The van der Waals surface area contributed by atoms with E-state index in [1.165, 1.54) is 17.0 Å². The van der Waals surface area contributed by atoms with Crippen molar-refractivity contribution in [2.75, 3.05) is 0 Å². The Bertz CT molecular complexity index is 1890. The second-order valence-corrected chi connectivity index (χ2v) is 14.1. The van der Waals surface area contributed by atoms with Crippen LogP contribution in [0.2, 0.25) is 0 Å². The third-order valence-corrected chi connectivity index (χ3v) is 10.1. The van der Waals surface area contributed by atoms with Gasteiger partial charge in [-0.05, 0) is 60.9 Å². The van der Waals surface area contributed by atoms with Gasteiger partial charge in [0.1, 0.15) is 17.1 Å². The number of fused-ring (bicyclic) bond motifs is 2. The van der Waals surface area contributed by atoms with Gasteiger partial charge < -0.3 is 14.1 Å². The molecule has 2 aromatic carbocycles. The summed E-state index contributed by atoms with van der Waals surface area (Å²) in [7, 11) is 4.21. The number of pyridine rings is 2. The molecular weight excluding hydrogens is 773 g/mol. The molecule has 0 saturated heterocycles. The smallest absolute Gasteiger partial charge is 0.164 e. The number of nitrogens with zero attached hydrogens (tertiary/aromatic N) is 2. The minimum atomic E-state index is -0.337. The third kappa shape index (κ3) is 8.10. The Morgan fingerprint density at radius 1 is 0.938 bits per heavy atom. The van der Waals surface area contributed by atoms with Crippen molar-refractivity contribution in [2.45, 2.75) is 93.4 Å². The first-order chi connectivity index (χ1) is 22.2. The van der Waals surface area contributed by atoms with E-state index in [0.717, 1.165) is 64.6 Å². The molecule has 3 heterocycles. The summed E-state index contributed by atoms with van der Waals surface area (Å²) in [6.45, 7) is 18.8. The number of allylic oxidation sites excluding steroid dienone is 2. The average Bonchev–Trinajstić information content (AvgIpc) is 3.56. The molecule has 0 atom stereocenters. The minimum absolute atomic E-state index is 0. The van der Waals surface area contributed by atoms with Crippen LogP contribution in [-0.2, 0) is 30.3 Å². The topological polar surface area (TPSA) is 67.2 Å². The fourth-order valence-corrected chi connectivity index (χ4v) is 5.68. The largest absolute Gasteiger partial charge is 0.512 e. The van der Waals surface area contributed by atoms with Crippen LogP contribution in [0.15, 0.2) is 89.5 Å². The maximum absolute atomic E-state index is 12.2. The molecule has 5 rings (SSSR count). The minimum Gasteiger partial charge on any atom is -0.512 e. The molecule has 48 heavy (non-hydrogen) atoms. The fraction of sp³-hybridized carbons (Fsp3) is 0.381. The van der Waals surface area contributed by atoms with Crippen LogP contribution in [-0.4, -0.2) is 15.9 Å². The van der Waals surface area contributed by atoms with Crippen LogP contribution in [0.5, 0.6) is 0 Å². The summed E-state index contributed by atoms with van der Waals surface area (Å²) >= 11 is 0. The molecule has 6 heteroatoms. The predicted molar refractivity (Wildman–Crippen MR) is 194 cm³/mol. The molecule has 0 fully saturated rings. The second kappa shape index (κ2) is 15.7. The van der Waals surface area contributed by atoms with Crippen molar-refractivity contribution in [2.24, 2.45) is 10.8 Å². The number of carbonyl (C=O) groups is 1. The number of hydrogen-bond acceptors (Lipinski definition) is 4. The molecule has 0 aliphatic heterocycles. The summed E-state index contributed by atoms with van der Waals surface area (Å²) < 4.78 is 7.60. The number of aliphatic hydroxyl groups is 1. The van der Waals surface area contributed by atoms with E-state index >= 15 is 0 Å². The maximum Gasteiger partial charge on any atom is 0.164 e. The number of aromatic nitrogens is 2. The third-order valence-electron chi connectivity index (χ3n) is 10.1. The Morgan fingerprint density at radius 2 is 1.58 bits per heavy atom. The normalized spacial score (nSPS) is 12.4.